The molecule has 1 N–H and O–H groups in total. The highest BCUT2D eigenvalue weighted by Gasteiger charge is 2.27. The van der Waals surface area contributed by atoms with Crippen LogP contribution < -0.4 is 0 Å². The first-order chi connectivity index (χ1) is 24.3. The van der Waals surface area contributed by atoms with E-state index >= 15 is 0 Å². The summed E-state index contributed by atoms with van der Waals surface area (Å²) < 4.78 is 12.0. The van der Waals surface area contributed by atoms with Gasteiger partial charge in [-0.2, -0.15) is 0 Å². The first-order valence-electron chi connectivity index (χ1n) is 22.1. The normalized spacial score (nSPS) is 13.4. The van der Waals surface area contributed by atoms with Crippen LogP contribution in [0.25, 0.3) is 0 Å². The van der Waals surface area contributed by atoms with Gasteiger partial charge in [0.05, 0.1) is 6.61 Å². The number of ether oxygens (including phenoxy) is 2. The van der Waals surface area contributed by atoms with Crippen LogP contribution in [0.2, 0.25) is 0 Å². The molecule has 50 heavy (non-hydrogen) atoms. The minimum Gasteiger partial charge on any atom is -0.462 e. The van der Waals surface area contributed by atoms with Gasteiger partial charge in [0.15, 0.2) is 0 Å². The van der Waals surface area contributed by atoms with Gasteiger partial charge in [0.1, 0.15) is 11.7 Å². The minimum absolute atomic E-state index is 0.0105. The molecule has 298 valence electrons. The molecule has 0 heterocycles. The standard InChI is InChI=1S/C44H87NO5/c1-6-10-13-15-19-25-32-41(31-24-18-14-11-7-2)49-42(47)33-26-20-16-22-29-37-45(39-40-46)38-30-23-17-21-27-34-43(48)50-44(5,35-9-4)36-28-12-8-3/h41,46H,6-40H2,1-5H3. The van der Waals surface area contributed by atoms with Crippen LogP contribution in [0.5, 0.6) is 0 Å². The van der Waals surface area contributed by atoms with Gasteiger partial charge in [-0.3, -0.25) is 9.59 Å². The summed E-state index contributed by atoms with van der Waals surface area (Å²) in [4.78, 5) is 27.6. The molecular formula is C44H87NO5. The highest BCUT2D eigenvalue weighted by Crippen LogP contribution is 2.26. The second kappa shape index (κ2) is 36.2. The molecule has 2 atom stereocenters. The highest BCUT2D eigenvalue weighted by atomic mass is 16.6. The van der Waals surface area contributed by atoms with Gasteiger partial charge in [0.25, 0.3) is 0 Å². The van der Waals surface area contributed by atoms with Gasteiger partial charge in [0, 0.05) is 19.4 Å². The molecule has 0 radical (unpaired) electrons. The lowest BCUT2D eigenvalue weighted by atomic mass is 9.93. The average Bonchev–Trinajstić information content (AvgIpc) is 3.08. The molecule has 0 aliphatic heterocycles. The summed E-state index contributed by atoms with van der Waals surface area (Å²) in [6.45, 7) is 14.0. The Bertz CT molecular complexity index is 746. The molecule has 0 aromatic heterocycles. The summed E-state index contributed by atoms with van der Waals surface area (Å²) in [6, 6.07) is 0. The molecule has 0 saturated carbocycles. The number of carbonyl (C=O) groups is 2. The Morgan fingerprint density at radius 1 is 0.520 bits per heavy atom. The van der Waals surface area contributed by atoms with E-state index in [0.29, 0.717) is 12.8 Å². The summed E-state index contributed by atoms with van der Waals surface area (Å²) in [5, 5.41) is 9.57. The monoisotopic (exact) mass is 710 g/mol. The lowest BCUT2D eigenvalue weighted by Crippen LogP contribution is -2.31. The van der Waals surface area contributed by atoms with E-state index in [1.165, 1.54) is 89.9 Å². The topological polar surface area (TPSA) is 76.1 Å². The predicted molar refractivity (Wildman–Crippen MR) is 214 cm³/mol. The van der Waals surface area contributed by atoms with E-state index in [2.05, 4.69) is 39.5 Å². The Balaban J connectivity index is 4.11. The molecule has 0 fully saturated rings. The lowest BCUT2D eigenvalue weighted by Gasteiger charge is -2.29. The maximum Gasteiger partial charge on any atom is 0.306 e. The van der Waals surface area contributed by atoms with E-state index < -0.39 is 0 Å². The Morgan fingerprint density at radius 2 is 0.960 bits per heavy atom. The van der Waals surface area contributed by atoms with Gasteiger partial charge >= 0.3 is 11.9 Å². The van der Waals surface area contributed by atoms with Crippen molar-refractivity contribution in [1.82, 2.24) is 4.90 Å². The third-order valence-electron chi connectivity index (χ3n) is 10.4. The molecular weight excluding hydrogens is 622 g/mol. The molecule has 0 aromatic rings. The van der Waals surface area contributed by atoms with E-state index in [1.807, 2.05) is 0 Å². The molecule has 0 rings (SSSR count). The van der Waals surface area contributed by atoms with Crippen LogP contribution in [0.15, 0.2) is 0 Å². The van der Waals surface area contributed by atoms with E-state index in [-0.39, 0.29) is 30.3 Å². The van der Waals surface area contributed by atoms with Crippen LogP contribution in [-0.4, -0.2) is 59.9 Å². The van der Waals surface area contributed by atoms with Crippen molar-refractivity contribution in [3.8, 4) is 0 Å². The molecule has 0 aliphatic rings. The number of aliphatic hydroxyl groups is 1. The van der Waals surface area contributed by atoms with E-state index in [4.69, 9.17) is 9.47 Å². The third kappa shape index (κ3) is 31.6. The van der Waals surface area contributed by atoms with Crippen LogP contribution in [0, 0.1) is 0 Å². The molecule has 2 unspecified atom stereocenters. The van der Waals surface area contributed by atoms with Gasteiger partial charge in [-0.05, 0) is 90.6 Å². The SMILES string of the molecule is CCCCCCCCC(CCCCCCC)OC(=O)CCCCCCCN(CCO)CCCCCCCC(=O)OC(C)(CCC)CCCCC. The van der Waals surface area contributed by atoms with Crippen LogP contribution in [-0.2, 0) is 19.1 Å². The van der Waals surface area contributed by atoms with Crippen molar-refractivity contribution in [3.05, 3.63) is 0 Å². The molecule has 0 saturated heterocycles. The van der Waals surface area contributed by atoms with Crippen molar-refractivity contribution >= 4 is 11.9 Å². The maximum absolute atomic E-state index is 12.7. The van der Waals surface area contributed by atoms with Gasteiger partial charge in [0.2, 0.25) is 0 Å². The Morgan fingerprint density at radius 3 is 1.46 bits per heavy atom. The smallest absolute Gasteiger partial charge is 0.306 e. The minimum atomic E-state index is -0.297. The quantitative estimate of drug-likeness (QED) is 0.0506. The van der Waals surface area contributed by atoms with Gasteiger partial charge in [-0.15, -0.1) is 0 Å². The van der Waals surface area contributed by atoms with E-state index in [0.717, 1.165) is 116 Å². The number of carbonyl (C=O) groups excluding carboxylic acids is 2. The molecule has 0 aliphatic carbocycles. The lowest BCUT2D eigenvalue weighted by molar-refractivity contribution is -0.160. The largest absolute Gasteiger partial charge is 0.462 e. The fourth-order valence-corrected chi connectivity index (χ4v) is 7.21. The van der Waals surface area contributed by atoms with Crippen LogP contribution in [0.3, 0.4) is 0 Å². The Kier molecular flexibility index (Phi) is 35.4. The number of hydrogen-bond donors (Lipinski definition) is 1. The number of unbranched alkanes of at least 4 members (excludes halogenated alkanes) is 19. The number of esters is 2. The van der Waals surface area contributed by atoms with Crippen LogP contribution >= 0.6 is 0 Å². The highest BCUT2D eigenvalue weighted by molar-refractivity contribution is 5.70. The predicted octanol–water partition coefficient (Wildman–Crippen LogP) is 12.7. The van der Waals surface area contributed by atoms with Gasteiger partial charge < -0.3 is 19.5 Å². The molecule has 6 heteroatoms. The number of nitrogens with zero attached hydrogens (tertiary/aromatic N) is 1. The van der Waals surface area contributed by atoms with Crippen molar-refractivity contribution in [3.63, 3.8) is 0 Å². The Hall–Kier alpha value is -1.14. The van der Waals surface area contributed by atoms with Crippen molar-refractivity contribution in [2.45, 2.75) is 245 Å². The fourth-order valence-electron chi connectivity index (χ4n) is 7.21. The molecule has 0 bridgehead atoms. The van der Waals surface area contributed by atoms with Crippen molar-refractivity contribution in [2.75, 3.05) is 26.2 Å². The molecule has 0 aromatic carbocycles. The summed E-state index contributed by atoms with van der Waals surface area (Å²) >= 11 is 0. The maximum atomic E-state index is 12.7. The first-order valence-corrected chi connectivity index (χ1v) is 22.1. The van der Waals surface area contributed by atoms with Gasteiger partial charge in [-0.25, -0.2) is 0 Å². The zero-order chi connectivity index (χ0) is 37.0. The summed E-state index contributed by atoms with van der Waals surface area (Å²) in [7, 11) is 0. The third-order valence-corrected chi connectivity index (χ3v) is 10.4. The van der Waals surface area contributed by atoms with Gasteiger partial charge in [-0.1, -0.05) is 143 Å². The molecule has 0 spiro atoms. The first kappa shape index (κ1) is 48.9. The zero-order valence-electron chi connectivity index (χ0n) is 34.4. The van der Waals surface area contributed by atoms with Crippen LogP contribution in [0.4, 0.5) is 0 Å². The number of hydrogen-bond acceptors (Lipinski definition) is 6. The van der Waals surface area contributed by atoms with Crippen LogP contribution in [0.1, 0.15) is 234 Å². The van der Waals surface area contributed by atoms with Crippen molar-refractivity contribution in [1.29, 1.82) is 0 Å². The molecule has 6 nitrogen and oxygen atoms in total. The van der Waals surface area contributed by atoms with E-state index in [9.17, 15) is 14.7 Å². The van der Waals surface area contributed by atoms with E-state index in [1.54, 1.807) is 0 Å². The summed E-state index contributed by atoms with van der Waals surface area (Å²) in [5.74, 6) is -0.0150. The average molecular weight is 710 g/mol. The Labute approximate surface area is 312 Å². The summed E-state index contributed by atoms with van der Waals surface area (Å²) in [6.07, 6.45) is 34.6. The number of rotatable bonds is 39. The zero-order valence-corrected chi connectivity index (χ0v) is 34.4. The second-order valence-electron chi connectivity index (χ2n) is 15.6. The second-order valence-corrected chi connectivity index (χ2v) is 15.6. The molecule has 0 amide bonds. The van der Waals surface area contributed by atoms with Crippen molar-refractivity contribution < 1.29 is 24.2 Å². The van der Waals surface area contributed by atoms with Crippen molar-refractivity contribution in [2.24, 2.45) is 0 Å². The summed E-state index contributed by atoms with van der Waals surface area (Å²) in [5.41, 5.74) is -0.297. The number of aliphatic hydroxyl groups excluding tert-OH is 1. The fraction of sp³-hybridized carbons (Fsp3) is 0.955.